The molecule has 1 heterocycles. The molecule has 2 amide bonds. The monoisotopic (exact) mass is 232 g/mol. The molecule has 92 valence electrons. The first-order valence-electron chi connectivity index (χ1n) is 6.20. The number of rotatable bonds is 2. The Morgan fingerprint density at radius 1 is 1.24 bits per heavy atom. The summed E-state index contributed by atoms with van der Waals surface area (Å²) < 4.78 is 0. The minimum absolute atomic E-state index is 0.00778. The van der Waals surface area contributed by atoms with Crippen LogP contribution in [0.25, 0.3) is 0 Å². The highest BCUT2D eigenvalue weighted by atomic mass is 16.2. The van der Waals surface area contributed by atoms with E-state index < -0.39 is 0 Å². The quantitative estimate of drug-likeness (QED) is 0.834. The highest BCUT2D eigenvalue weighted by molar-refractivity contribution is 5.95. The van der Waals surface area contributed by atoms with Gasteiger partial charge in [0.2, 0.25) is 0 Å². The summed E-state index contributed by atoms with van der Waals surface area (Å²) in [4.78, 5) is 13.7. The Morgan fingerprint density at radius 2 is 1.94 bits per heavy atom. The summed E-state index contributed by atoms with van der Waals surface area (Å²) in [5, 5.41) is 2.91. The van der Waals surface area contributed by atoms with Gasteiger partial charge in [0.1, 0.15) is 0 Å². The van der Waals surface area contributed by atoms with Crippen molar-refractivity contribution in [1.29, 1.82) is 0 Å². The Labute approximate surface area is 103 Å². The Morgan fingerprint density at radius 3 is 2.53 bits per heavy atom. The summed E-state index contributed by atoms with van der Waals surface area (Å²) in [6, 6.07) is 6.61. The lowest BCUT2D eigenvalue weighted by molar-refractivity contribution is 0.243. The van der Waals surface area contributed by atoms with Crippen LogP contribution in [-0.2, 0) is 6.54 Å². The van der Waals surface area contributed by atoms with Crippen molar-refractivity contribution in [2.45, 2.75) is 46.2 Å². The lowest BCUT2D eigenvalue weighted by Crippen LogP contribution is -2.47. The van der Waals surface area contributed by atoms with Crippen molar-refractivity contribution in [1.82, 2.24) is 5.32 Å². The lowest BCUT2D eigenvalue weighted by atomic mass is 9.98. The number of benzene rings is 1. The molecular formula is C14H20N2O. The van der Waals surface area contributed by atoms with Gasteiger partial charge in [-0.1, -0.05) is 26.0 Å². The van der Waals surface area contributed by atoms with E-state index in [1.54, 1.807) is 0 Å². The zero-order chi connectivity index (χ0) is 12.6. The number of hydrogen-bond acceptors (Lipinski definition) is 1. The molecule has 1 aliphatic heterocycles. The fourth-order valence-corrected chi connectivity index (χ4v) is 2.19. The summed E-state index contributed by atoms with van der Waals surface area (Å²) in [5.74, 6) is 0.485. The van der Waals surface area contributed by atoms with Gasteiger partial charge in [0, 0.05) is 12.6 Å². The maximum Gasteiger partial charge on any atom is 0.322 e. The predicted octanol–water partition coefficient (Wildman–Crippen LogP) is 3.25. The number of carbonyl (C=O) groups is 1. The molecule has 0 aromatic heterocycles. The van der Waals surface area contributed by atoms with E-state index in [2.05, 4.69) is 37.4 Å². The lowest BCUT2D eigenvalue weighted by Gasteiger charge is -2.33. The first-order valence-corrected chi connectivity index (χ1v) is 6.20. The normalized spacial score (nSPS) is 15.2. The second kappa shape index (κ2) is 4.40. The van der Waals surface area contributed by atoms with Gasteiger partial charge in [0.05, 0.1) is 5.69 Å². The Balaban J connectivity index is 2.48. The van der Waals surface area contributed by atoms with Crippen LogP contribution >= 0.6 is 0 Å². The number of anilines is 1. The second-order valence-electron chi connectivity index (χ2n) is 5.17. The van der Waals surface area contributed by atoms with E-state index in [4.69, 9.17) is 0 Å². The summed E-state index contributed by atoms with van der Waals surface area (Å²) in [5.41, 5.74) is 3.54. The van der Waals surface area contributed by atoms with Crippen LogP contribution < -0.4 is 10.2 Å². The van der Waals surface area contributed by atoms with Gasteiger partial charge >= 0.3 is 6.03 Å². The molecule has 17 heavy (non-hydrogen) atoms. The van der Waals surface area contributed by atoms with Gasteiger partial charge in [-0.25, -0.2) is 4.79 Å². The van der Waals surface area contributed by atoms with Crippen molar-refractivity contribution in [3.63, 3.8) is 0 Å². The van der Waals surface area contributed by atoms with Gasteiger partial charge in [-0.05, 0) is 37.0 Å². The highest BCUT2D eigenvalue weighted by Gasteiger charge is 2.26. The van der Waals surface area contributed by atoms with E-state index in [0.29, 0.717) is 12.5 Å². The van der Waals surface area contributed by atoms with Crippen molar-refractivity contribution in [3.8, 4) is 0 Å². The van der Waals surface area contributed by atoms with E-state index in [0.717, 1.165) is 5.69 Å². The van der Waals surface area contributed by atoms with Gasteiger partial charge in [-0.15, -0.1) is 0 Å². The van der Waals surface area contributed by atoms with Crippen LogP contribution in [0.5, 0.6) is 0 Å². The molecule has 1 aromatic rings. The van der Waals surface area contributed by atoms with Gasteiger partial charge in [0.15, 0.2) is 0 Å². The molecule has 0 radical (unpaired) electrons. The van der Waals surface area contributed by atoms with Crippen molar-refractivity contribution in [2.24, 2.45) is 0 Å². The number of urea groups is 1. The van der Waals surface area contributed by atoms with E-state index >= 15 is 0 Å². The van der Waals surface area contributed by atoms with Gasteiger partial charge in [-0.2, -0.15) is 0 Å². The van der Waals surface area contributed by atoms with Crippen LogP contribution in [0, 0.1) is 0 Å². The molecule has 3 heteroatoms. The molecule has 0 unspecified atom stereocenters. The molecular weight excluding hydrogens is 212 g/mol. The molecule has 3 nitrogen and oxygen atoms in total. The second-order valence-corrected chi connectivity index (χ2v) is 5.17. The molecule has 0 atom stereocenters. The topological polar surface area (TPSA) is 32.3 Å². The van der Waals surface area contributed by atoms with Gasteiger partial charge in [0.25, 0.3) is 0 Å². The molecule has 1 aliphatic rings. The van der Waals surface area contributed by atoms with Crippen LogP contribution in [0.3, 0.4) is 0 Å². The summed E-state index contributed by atoms with van der Waals surface area (Å²) in [6.07, 6.45) is 0. The summed E-state index contributed by atoms with van der Waals surface area (Å²) in [7, 11) is 0. The fourth-order valence-electron chi connectivity index (χ4n) is 2.19. The molecule has 0 spiro atoms. The fraction of sp³-hybridized carbons (Fsp3) is 0.500. The van der Waals surface area contributed by atoms with Crippen LogP contribution in [-0.4, -0.2) is 12.1 Å². The van der Waals surface area contributed by atoms with Crippen molar-refractivity contribution >= 4 is 11.7 Å². The zero-order valence-corrected chi connectivity index (χ0v) is 10.9. The molecule has 0 aliphatic carbocycles. The van der Waals surface area contributed by atoms with Crippen LogP contribution in [0.15, 0.2) is 18.2 Å². The molecule has 1 aromatic carbocycles. The van der Waals surface area contributed by atoms with E-state index in [9.17, 15) is 4.79 Å². The average molecular weight is 232 g/mol. The van der Waals surface area contributed by atoms with Crippen molar-refractivity contribution in [2.75, 3.05) is 4.90 Å². The smallest absolute Gasteiger partial charge is 0.322 e. The van der Waals surface area contributed by atoms with Crippen molar-refractivity contribution < 1.29 is 4.79 Å². The molecule has 0 bridgehead atoms. The Bertz CT molecular complexity index is 438. The van der Waals surface area contributed by atoms with Crippen LogP contribution in [0.1, 0.15) is 44.7 Å². The largest absolute Gasteiger partial charge is 0.334 e. The molecule has 0 fully saturated rings. The summed E-state index contributed by atoms with van der Waals surface area (Å²) in [6.45, 7) is 9.05. The maximum atomic E-state index is 11.9. The third kappa shape index (κ3) is 2.14. The third-order valence-electron chi connectivity index (χ3n) is 3.20. The highest BCUT2D eigenvalue weighted by Crippen LogP contribution is 2.30. The molecule has 0 saturated carbocycles. The molecule has 1 N–H and O–H groups in total. The van der Waals surface area contributed by atoms with Crippen molar-refractivity contribution in [3.05, 3.63) is 29.3 Å². The van der Waals surface area contributed by atoms with Gasteiger partial charge in [-0.3, -0.25) is 4.90 Å². The van der Waals surface area contributed by atoms with Crippen LogP contribution in [0.4, 0.5) is 10.5 Å². The Hall–Kier alpha value is -1.51. The molecule has 2 rings (SSSR count). The number of hydrogen-bond donors (Lipinski definition) is 1. The minimum atomic E-state index is 0.00778. The Kier molecular flexibility index (Phi) is 3.09. The number of fused-ring (bicyclic) bond motifs is 1. The van der Waals surface area contributed by atoms with E-state index in [-0.39, 0.29) is 12.1 Å². The van der Waals surface area contributed by atoms with E-state index in [1.807, 2.05) is 18.7 Å². The number of carbonyl (C=O) groups excluding carboxylic acids is 1. The standard InChI is InChI=1S/C14H20N2O/c1-9(2)11-5-6-12-8-15-14(17)16(10(3)4)13(12)7-11/h5-7,9-10H,8H2,1-4H3,(H,15,17). The first kappa shape index (κ1) is 12.0. The first-order chi connectivity index (χ1) is 8.00. The van der Waals surface area contributed by atoms with Gasteiger partial charge < -0.3 is 5.32 Å². The molecule has 0 saturated heterocycles. The number of amides is 2. The predicted molar refractivity (Wildman–Crippen MR) is 70.4 cm³/mol. The SMILES string of the molecule is CC(C)c1ccc2c(c1)N(C(C)C)C(=O)NC2. The minimum Gasteiger partial charge on any atom is -0.334 e. The maximum absolute atomic E-state index is 11.9. The number of nitrogens with zero attached hydrogens (tertiary/aromatic N) is 1. The average Bonchev–Trinajstić information content (AvgIpc) is 2.27. The zero-order valence-electron chi connectivity index (χ0n) is 10.9. The number of nitrogens with one attached hydrogen (secondary N) is 1. The van der Waals surface area contributed by atoms with E-state index in [1.165, 1.54) is 11.1 Å². The third-order valence-corrected chi connectivity index (χ3v) is 3.20. The van der Waals surface area contributed by atoms with Crippen LogP contribution in [0.2, 0.25) is 0 Å². The summed E-state index contributed by atoms with van der Waals surface area (Å²) >= 11 is 0.